The van der Waals surface area contributed by atoms with Crippen LogP contribution in [0.1, 0.15) is 33.1 Å². The van der Waals surface area contributed by atoms with Gasteiger partial charge >= 0.3 is 0 Å². The molecule has 0 saturated heterocycles. The summed E-state index contributed by atoms with van der Waals surface area (Å²) in [5, 5.41) is 0. The molecule has 0 aliphatic carbocycles. The Kier molecular flexibility index (Phi) is 9.06. The molecule has 92 valence electrons. The van der Waals surface area contributed by atoms with E-state index in [0.717, 1.165) is 19.6 Å². The summed E-state index contributed by atoms with van der Waals surface area (Å²) in [6.45, 7) is 8.90. The van der Waals surface area contributed by atoms with Crippen LogP contribution < -0.4 is 5.73 Å². The fraction of sp³-hybridized carbons (Fsp3) is 1.00. The van der Waals surface area contributed by atoms with Gasteiger partial charge in [0.15, 0.2) is 0 Å². The molecule has 0 rings (SSSR count). The van der Waals surface area contributed by atoms with Gasteiger partial charge in [0.25, 0.3) is 0 Å². The molecule has 0 aromatic rings. The van der Waals surface area contributed by atoms with Gasteiger partial charge in [0.2, 0.25) is 0 Å². The van der Waals surface area contributed by atoms with Crippen molar-refractivity contribution in [2.75, 3.05) is 40.3 Å². The molecule has 0 heterocycles. The minimum atomic E-state index is 0.655. The van der Waals surface area contributed by atoms with Crippen molar-refractivity contribution in [2.24, 2.45) is 5.73 Å². The Morgan fingerprint density at radius 1 is 1.13 bits per heavy atom. The van der Waals surface area contributed by atoms with Gasteiger partial charge in [-0.05, 0) is 53.5 Å². The second kappa shape index (κ2) is 9.13. The SMILES string of the molecule is CCN(CCCCCN)C(C)CN(C)C. The maximum absolute atomic E-state index is 5.48. The van der Waals surface area contributed by atoms with Crippen molar-refractivity contribution in [1.82, 2.24) is 9.80 Å². The van der Waals surface area contributed by atoms with Gasteiger partial charge in [-0.3, -0.25) is 4.90 Å². The summed E-state index contributed by atoms with van der Waals surface area (Å²) >= 11 is 0. The quantitative estimate of drug-likeness (QED) is 0.590. The summed E-state index contributed by atoms with van der Waals surface area (Å²) in [6.07, 6.45) is 3.71. The molecule has 15 heavy (non-hydrogen) atoms. The highest BCUT2D eigenvalue weighted by molar-refractivity contribution is 4.68. The first-order valence-electron chi connectivity index (χ1n) is 6.20. The topological polar surface area (TPSA) is 32.5 Å². The van der Waals surface area contributed by atoms with E-state index in [1.165, 1.54) is 25.8 Å². The lowest BCUT2D eigenvalue weighted by Gasteiger charge is -2.29. The average Bonchev–Trinajstić information content (AvgIpc) is 2.16. The number of rotatable bonds is 9. The van der Waals surface area contributed by atoms with Gasteiger partial charge in [-0.2, -0.15) is 0 Å². The Labute approximate surface area is 95.6 Å². The van der Waals surface area contributed by atoms with Crippen LogP contribution in [-0.4, -0.2) is 56.1 Å². The van der Waals surface area contributed by atoms with E-state index in [1.54, 1.807) is 0 Å². The Bertz CT molecular complexity index is 137. The molecular formula is C12H29N3. The van der Waals surface area contributed by atoms with Gasteiger partial charge in [0, 0.05) is 12.6 Å². The Morgan fingerprint density at radius 2 is 1.80 bits per heavy atom. The van der Waals surface area contributed by atoms with Crippen LogP contribution in [0.3, 0.4) is 0 Å². The van der Waals surface area contributed by atoms with E-state index >= 15 is 0 Å². The van der Waals surface area contributed by atoms with Crippen LogP contribution in [0, 0.1) is 0 Å². The molecule has 0 saturated carbocycles. The first-order valence-corrected chi connectivity index (χ1v) is 6.20. The van der Waals surface area contributed by atoms with E-state index in [-0.39, 0.29) is 0 Å². The maximum Gasteiger partial charge on any atom is 0.0194 e. The first-order chi connectivity index (χ1) is 7.11. The summed E-state index contributed by atoms with van der Waals surface area (Å²) in [5.41, 5.74) is 5.48. The molecule has 1 atom stereocenters. The van der Waals surface area contributed by atoms with Crippen LogP contribution in [0.2, 0.25) is 0 Å². The number of hydrogen-bond donors (Lipinski definition) is 1. The molecule has 0 spiro atoms. The lowest BCUT2D eigenvalue weighted by Crippen LogP contribution is -2.40. The van der Waals surface area contributed by atoms with Crippen molar-refractivity contribution < 1.29 is 0 Å². The van der Waals surface area contributed by atoms with Gasteiger partial charge in [0.1, 0.15) is 0 Å². The minimum Gasteiger partial charge on any atom is -0.330 e. The van der Waals surface area contributed by atoms with Gasteiger partial charge in [-0.25, -0.2) is 0 Å². The van der Waals surface area contributed by atoms with E-state index in [9.17, 15) is 0 Å². The van der Waals surface area contributed by atoms with E-state index in [2.05, 4.69) is 37.7 Å². The molecular weight excluding hydrogens is 186 g/mol. The number of unbranched alkanes of at least 4 members (excludes halogenated alkanes) is 2. The van der Waals surface area contributed by atoms with Crippen molar-refractivity contribution in [3.05, 3.63) is 0 Å². The van der Waals surface area contributed by atoms with Crippen LogP contribution >= 0.6 is 0 Å². The van der Waals surface area contributed by atoms with E-state index < -0.39 is 0 Å². The Hall–Kier alpha value is -0.120. The summed E-state index contributed by atoms with van der Waals surface area (Å²) in [6, 6.07) is 0.655. The van der Waals surface area contributed by atoms with Gasteiger partial charge in [-0.1, -0.05) is 13.3 Å². The summed E-state index contributed by atoms with van der Waals surface area (Å²) in [4.78, 5) is 4.81. The van der Waals surface area contributed by atoms with E-state index in [1.807, 2.05) is 0 Å². The predicted molar refractivity (Wildman–Crippen MR) is 68.2 cm³/mol. The minimum absolute atomic E-state index is 0.655. The Morgan fingerprint density at radius 3 is 2.27 bits per heavy atom. The molecule has 0 aromatic heterocycles. The van der Waals surface area contributed by atoms with Crippen molar-refractivity contribution in [3.63, 3.8) is 0 Å². The lowest BCUT2D eigenvalue weighted by molar-refractivity contribution is 0.178. The third-order valence-corrected chi connectivity index (χ3v) is 2.81. The second-order valence-corrected chi connectivity index (χ2v) is 4.59. The third kappa shape index (κ3) is 7.77. The van der Waals surface area contributed by atoms with Crippen LogP contribution in [0.5, 0.6) is 0 Å². The number of hydrogen-bond acceptors (Lipinski definition) is 3. The zero-order valence-corrected chi connectivity index (χ0v) is 11.0. The molecule has 0 amide bonds. The predicted octanol–water partition coefficient (Wildman–Crippen LogP) is 1.39. The van der Waals surface area contributed by atoms with Crippen LogP contribution in [-0.2, 0) is 0 Å². The van der Waals surface area contributed by atoms with Crippen LogP contribution in [0.15, 0.2) is 0 Å². The van der Waals surface area contributed by atoms with Gasteiger partial charge in [0.05, 0.1) is 0 Å². The van der Waals surface area contributed by atoms with Crippen molar-refractivity contribution >= 4 is 0 Å². The summed E-state index contributed by atoms with van der Waals surface area (Å²) in [7, 11) is 4.28. The standard InChI is InChI=1S/C12H29N3/c1-5-15(10-8-6-7-9-13)12(2)11-14(3)4/h12H,5-11,13H2,1-4H3. The maximum atomic E-state index is 5.48. The molecule has 3 heteroatoms. The average molecular weight is 215 g/mol. The third-order valence-electron chi connectivity index (χ3n) is 2.81. The van der Waals surface area contributed by atoms with E-state index in [4.69, 9.17) is 5.73 Å². The van der Waals surface area contributed by atoms with Crippen molar-refractivity contribution in [3.8, 4) is 0 Å². The molecule has 0 aromatic carbocycles. The highest BCUT2D eigenvalue weighted by Gasteiger charge is 2.11. The summed E-state index contributed by atoms with van der Waals surface area (Å²) in [5.74, 6) is 0. The number of nitrogens with zero attached hydrogens (tertiary/aromatic N) is 2. The zero-order valence-electron chi connectivity index (χ0n) is 11.0. The van der Waals surface area contributed by atoms with E-state index in [0.29, 0.717) is 6.04 Å². The molecule has 2 N–H and O–H groups in total. The van der Waals surface area contributed by atoms with Gasteiger partial charge < -0.3 is 10.6 Å². The highest BCUT2D eigenvalue weighted by atomic mass is 15.2. The molecule has 0 aliphatic rings. The van der Waals surface area contributed by atoms with Crippen molar-refractivity contribution in [2.45, 2.75) is 39.2 Å². The molecule has 0 bridgehead atoms. The van der Waals surface area contributed by atoms with Gasteiger partial charge in [-0.15, -0.1) is 0 Å². The number of nitrogens with two attached hydrogens (primary N) is 1. The molecule has 0 radical (unpaired) electrons. The fourth-order valence-electron chi connectivity index (χ4n) is 1.97. The molecule has 0 aliphatic heterocycles. The monoisotopic (exact) mass is 215 g/mol. The normalized spacial score (nSPS) is 13.8. The fourth-order valence-corrected chi connectivity index (χ4v) is 1.97. The number of likely N-dealkylation sites (N-methyl/N-ethyl adjacent to an activating group) is 2. The zero-order chi connectivity index (χ0) is 11.7. The molecule has 3 nitrogen and oxygen atoms in total. The smallest absolute Gasteiger partial charge is 0.0194 e. The largest absolute Gasteiger partial charge is 0.330 e. The van der Waals surface area contributed by atoms with Crippen LogP contribution in [0.25, 0.3) is 0 Å². The lowest BCUT2D eigenvalue weighted by atomic mass is 10.2. The van der Waals surface area contributed by atoms with Crippen LogP contribution in [0.4, 0.5) is 0 Å². The summed E-state index contributed by atoms with van der Waals surface area (Å²) < 4.78 is 0. The van der Waals surface area contributed by atoms with Crippen molar-refractivity contribution in [1.29, 1.82) is 0 Å². The highest BCUT2D eigenvalue weighted by Crippen LogP contribution is 2.04. The second-order valence-electron chi connectivity index (χ2n) is 4.59. The molecule has 1 unspecified atom stereocenters. The Balaban J connectivity index is 3.70. The molecule has 0 fully saturated rings. The first kappa shape index (κ1) is 14.9.